The van der Waals surface area contributed by atoms with Crippen LogP contribution in [0.1, 0.15) is 43.2 Å². The number of benzene rings is 1. The van der Waals surface area contributed by atoms with E-state index >= 15 is 0 Å². The molecule has 1 N–H and O–H groups in total. The summed E-state index contributed by atoms with van der Waals surface area (Å²) < 4.78 is 11.2. The maximum atomic E-state index is 12.3. The SMILES string of the molecule is CCCc1cc(CNC(=O)N2CCC(OCc3ccccc3)CC2)on1. The number of piperidine rings is 1. The van der Waals surface area contributed by atoms with Crippen LogP contribution in [-0.4, -0.2) is 35.3 Å². The standard InChI is InChI=1S/C20H27N3O3/c1-2-6-17-13-19(26-22-17)14-21-20(24)23-11-9-18(10-12-23)25-15-16-7-4-3-5-8-16/h3-5,7-8,13,18H,2,6,9-12,14-15H2,1H3,(H,21,24). The van der Waals surface area contributed by atoms with Crippen molar-refractivity contribution in [3.05, 3.63) is 53.4 Å². The van der Waals surface area contributed by atoms with Crippen LogP contribution >= 0.6 is 0 Å². The number of hydrogen-bond acceptors (Lipinski definition) is 4. The Morgan fingerprint density at radius 1 is 1.31 bits per heavy atom. The maximum absolute atomic E-state index is 12.3. The summed E-state index contributed by atoms with van der Waals surface area (Å²) in [5.74, 6) is 0.697. The molecular formula is C20H27N3O3. The number of nitrogens with zero attached hydrogens (tertiary/aromatic N) is 2. The molecule has 0 bridgehead atoms. The first-order valence-corrected chi connectivity index (χ1v) is 9.37. The lowest BCUT2D eigenvalue weighted by molar-refractivity contribution is 0.00441. The largest absolute Gasteiger partial charge is 0.373 e. The number of rotatable bonds is 7. The second-order valence-corrected chi connectivity index (χ2v) is 6.68. The Morgan fingerprint density at radius 3 is 2.81 bits per heavy atom. The third-order valence-electron chi connectivity index (χ3n) is 4.59. The lowest BCUT2D eigenvalue weighted by Gasteiger charge is -2.31. The van der Waals surface area contributed by atoms with Crippen molar-refractivity contribution in [1.29, 1.82) is 0 Å². The van der Waals surface area contributed by atoms with Crippen LogP contribution in [0.15, 0.2) is 40.9 Å². The fourth-order valence-electron chi connectivity index (χ4n) is 3.10. The summed E-state index contributed by atoms with van der Waals surface area (Å²) in [7, 11) is 0. The third-order valence-corrected chi connectivity index (χ3v) is 4.59. The van der Waals surface area contributed by atoms with Gasteiger partial charge in [0.25, 0.3) is 0 Å². The normalized spacial score (nSPS) is 15.2. The summed E-state index contributed by atoms with van der Waals surface area (Å²) in [6.07, 6.45) is 3.87. The highest BCUT2D eigenvalue weighted by Crippen LogP contribution is 2.16. The van der Waals surface area contributed by atoms with E-state index in [4.69, 9.17) is 9.26 Å². The predicted molar refractivity (Wildman–Crippen MR) is 98.6 cm³/mol. The van der Waals surface area contributed by atoms with E-state index in [1.807, 2.05) is 29.2 Å². The Hall–Kier alpha value is -2.34. The quantitative estimate of drug-likeness (QED) is 0.823. The molecule has 0 spiro atoms. The van der Waals surface area contributed by atoms with Crippen LogP contribution in [0.5, 0.6) is 0 Å². The summed E-state index contributed by atoms with van der Waals surface area (Å²) in [4.78, 5) is 14.1. The van der Waals surface area contributed by atoms with Gasteiger partial charge in [-0.1, -0.05) is 48.8 Å². The van der Waals surface area contributed by atoms with Crippen molar-refractivity contribution in [1.82, 2.24) is 15.4 Å². The van der Waals surface area contributed by atoms with Crippen LogP contribution in [0.3, 0.4) is 0 Å². The van der Waals surface area contributed by atoms with Crippen molar-refractivity contribution < 1.29 is 14.1 Å². The number of carbonyl (C=O) groups is 1. The third kappa shape index (κ3) is 5.33. The van der Waals surface area contributed by atoms with Gasteiger partial charge in [0.15, 0.2) is 5.76 Å². The van der Waals surface area contributed by atoms with Crippen molar-refractivity contribution >= 4 is 6.03 Å². The number of urea groups is 1. The van der Waals surface area contributed by atoms with E-state index in [1.54, 1.807) is 0 Å². The van der Waals surface area contributed by atoms with Gasteiger partial charge >= 0.3 is 6.03 Å². The lowest BCUT2D eigenvalue weighted by atomic mass is 10.1. The molecular weight excluding hydrogens is 330 g/mol. The highest BCUT2D eigenvalue weighted by Gasteiger charge is 2.23. The average Bonchev–Trinajstić information content (AvgIpc) is 3.13. The van der Waals surface area contributed by atoms with Gasteiger partial charge in [-0.2, -0.15) is 0 Å². The molecule has 6 heteroatoms. The molecule has 0 aliphatic carbocycles. The molecule has 2 amide bonds. The first kappa shape index (κ1) is 18.5. The number of nitrogens with one attached hydrogen (secondary N) is 1. The van der Waals surface area contributed by atoms with Crippen LogP contribution in [0.25, 0.3) is 0 Å². The fraction of sp³-hybridized carbons (Fsp3) is 0.500. The van der Waals surface area contributed by atoms with E-state index in [0.717, 1.165) is 31.4 Å². The highest BCUT2D eigenvalue weighted by atomic mass is 16.5. The molecule has 1 aromatic carbocycles. The molecule has 0 saturated carbocycles. The number of aromatic nitrogens is 1. The van der Waals surface area contributed by atoms with Crippen LogP contribution in [0, 0.1) is 0 Å². The Labute approximate surface area is 154 Å². The van der Waals surface area contributed by atoms with Gasteiger partial charge in [-0.05, 0) is 24.8 Å². The molecule has 1 fully saturated rings. The van der Waals surface area contributed by atoms with E-state index in [9.17, 15) is 4.79 Å². The van der Waals surface area contributed by atoms with Crippen LogP contribution in [0.4, 0.5) is 4.79 Å². The molecule has 0 atom stereocenters. The minimum Gasteiger partial charge on any atom is -0.373 e. The predicted octanol–water partition coefficient (Wildman–Crippen LogP) is 3.52. The summed E-state index contributed by atoms with van der Waals surface area (Å²) in [5, 5.41) is 6.90. The zero-order valence-corrected chi connectivity index (χ0v) is 15.3. The number of aryl methyl sites for hydroxylation is 1. The molecule has 6 nitrogen and oxygen atoms in total. The Balaban J connectivity index is 1.36. The molecule has 2 heterocycles. The van der Waals surface area contributed by atoms with Crippen LogP contribution in [-0.2, 0) is 24.3 Å². The Bertz CT molecular complexity index is 679. The monoisotopic (exact) mass is 357 g/mol. The molecule has 140 valence electrons. The van der Waals surface area contributed by atoms with E-state index in [0.29, 0.717) is 32.0 Å². The smallest absolute Gasteiger partial charge is 0.317 e. The van der Waals surface area contributed by atoms with Crippen molar-refractivity contribution in [3.8, 4) is 0 Å². The first-order chi connectivity index (χ1) is 12.7. The van der Waals surface area contributed by atoms with E-state index in [-0.39, 0.29) is 12.1 Å². The van der Waals surface area contributed by atoms with Gasteiger partial charge in [0, 0.05) is 19.2 Å². The minimum atomic E-state index is -0.0556. The van der Waals surface area contributed by atoms with Crippen molar-refractivity contribution in [3.63, 3.8) is 0 Å². The molecule has 1 saturated heterocycles. The summed E-state index contributed by atoms with van der Waals surface area (Å²) >= 11 is 0. The molecule has 0 radical (unpaired) electrons. The van der Waals surface area contributed by atoms with Gasteiger partial charge in [0.05, 0.1) is 24.9 Å². The van der Waals surface area contributed by atoms with E-state index in [2.05, 4.69) is 29.5 Å². The summed E-state index contributed by atoms with van der Waals surface area (Å²) in [6, 6.07) is 12.0. The molecule has 2 aromatic rings. The molecule has 3 rings (SSSR count). The first-order valence-electron chi connectivity index (χ1n) is 9.37. The second-order valence-electron chi connectivity index (χ2n) is 6.68. The fourth-order valence-corrected chi connectivity index (χ4v) is 3.10. The number of ether oxygens (including phenoxy) is 1. The van der Waals surface area contributed by atoms with Gasteiger partial charge < -0.3 is 19.5 Å². The van der Waals surface area contributed by atoms with E-state index in [1.165, 1.54) is 5.56 Å². The lowest BCUT2D eigenvalue weighted by Crippen LogP contribution is -2.45. The van der Waals surface area contributed by atoms with Gasteiger partial charge in [0.1, 0.15) is 0 Å². The van der Waals surface area contributed by atoms with Gasteiger partial charge in [0.2, 0.25) is 0 Å². The topological polar surface area (TPSA) is 67.6 Å². The second kappa shape index (κ2) is 9.38. The van der Waals surface area contributed by atoms with Crippen molar-refractivity contribution in [2.75, 3.05) is 13.1 Å². The Morgan fingerprint density at radius 2 is 2.08 bits per heavy atom. The summed E-state index contributed by atoms with van der Waals surface area (Å²) in [6.45, 7) is 4.53. The van der Waals surface area contributed by atoms with E-state index < -0.39 is 0 Å². The minimum absolute atomic E-state index is 0.0556. The number of likely N-dealkylation sites (tertiary alicyclic amines) is 1. The average molecular weight is 357 g/mol. The maximum Gasteiger partial charge on any atom is 0.317 e. The molecule has 1 aliphatic rings. The van der Waals surface area contributed by atoms with Crippen LogP contribution in [0.2, 0.25) is 0 Å². The molecule has 1 aliphatic heterocycles. The van der Waals surface area contributed by atoms with Gasteiger partial charge in [-0.25, -0.2) is 4.79 Å². The number of hydrogen-bond donors (Lipinski definition) is 1. The highest BCUT2D eigenvalue weighted by molar-refractivity contribution is 5.74. The van der Waals surface area contributed by atoms with Crippen LogP contribution < -0.4 is 5.32 Å². The van der Waals surface area contributed by atoms with Gasteiger partial charge in [-0.15, -0.1) is 0 Å². The molecule has 1 aromatic heterocycles. The Kier molecular flexibility index (Phi) is 6.66. The van der Waals surface area contributed by atoms with Crippen molar-refractivity contribution in [2.24, 2.45) is 0 Å². The molecule has 26 heavy (non-hydrogen) atoms. The number of carbonyl (C=O) groups excluding carboxylic acids is 1. The zero-order valence-electron chi connectivity index (χ0n) is 15.3. The number of amides is 2. The van der Waals surface area contributed by atoms with Gasteiger partial charge in [-0.3, -0.25) is 0 Å². The molecule has 0 unspecified atom stereocenters. The van der Waals surface area contributed by atoms with Crippen molar-refractivity contribution in [2.45, 2.75) is 51.9 Å². The summed E-state index contributed by atoms with van der Waals surface area (Å²) in [5.41, 5.74) is 2.12. The zero-order chi connectivity index (χ0) is 18.2.